The summed E-state index contributed by atoms with van der Waals surface area (Å²) < 4.78 is 26.4. The highest BCUT2D eigenvalue weighted by atomic mass is 32.2. The Balaban J connectivity index is 1.46. The van der Waals surface area contributed by atoms with E-state index < -0.39 is 5.76 Å². The first-order chi connectivity index (χ1) is 14.6. The predicted molar refractivity (Wildman–Crippen MR) is 119 cm³/mol. The standard InChI is InChI=1S/C23H22F2N2OS2/c24-22(25)29-18-9-7-17(8-10-18)27(23-26-19-3-1-2-4-20(19)30-23)21(28)13-16-12-14-5-6-15(16)11-14/h1-4,7-10,14-16,22H,5-6,11-13H2/t14-,15+,16-/m1/s1. The van der Waals surface area contributed by atoms with Gasteiger partial charge in [-0.25, -0.2) is 4.98 Å². The monoisotopic (exact) mass is 444 g/mol. The van der Waals surface area contributed by atoms with Crippen molar-refractivity contribution >= 4 is 50.0 Å². The third kappa shape index (κ3) is 3.97. The molecule has 0 unspecified atom stereocenters. The topological polar surface area (TPSA) is 33.2 Å². The quantitative estimate of drug-likeness (QED) is 0.380. The van der Waals surface area contributed by atoms with Crippen LogP contribution in [0.4, 0.5) is 19.6 Å². The minimum atomic E-state index is -2.46. The van der Waals surface area contributed by atoms with Gasteiger partial charge in [-0.1, -0.05) is 41.7 Å². The van der Waals surface area contributed by atoms with Crippen LogP contribution in [0, 0.1) is 17.8 Å². The summed E-state index contributed by atoms with van der Waals surface area (Å²) >= 11 is 2.00. The van der Waals surface area contributed by atoms with Crippen LogP contribution in [0.5, 0.6) is 0 Å². The van der Waals surface area contributed by atoms with Crippen molar-refractivity contribution in [1.29, 1.82) is 0 Å². The van der Waals surface area contributed by atoms with Crippen molar-refractivity contribution in [3.8, 4) is 0 Å². The Morgan fingerprint density at radius 3 is 2.60 bits per heavy atom. The normalized spacial score (nSPS) is 22.8. The van der Waals surface area contributed by atoms with Gasteiger partial charge in [0.05, 0.1) is 15.9 Å². The maximum absolute atomic E-state index is 13.5. The second-order valence-corrected chi connectivity index (χ2v) is 10.3. The van der Waals surface area contributed by atoms with Crippen LogP contribution < -0.4 is 4.90 Å². The third-order valence-electron chi connectivity index (χ3n) is 6.36. The number of hydrogen-bond acceptors (Lipinski definition) is 4. The highest BCUT2D eigenvalue weighted by Crippen LogP contribution is 2.50. The van der Waals surface area contributed by atoms with E-state index in [1.807, 2.05) is 24.3 Å². The summed E-state index contributed by atoms with van der Waals surface area (Å²) in [5, 5.41) is 0.638. The molecule has 0 saturated heterocycles. The number of fused-ring (bicyclic) bond motifs is 3. The lowest BCUT2D eigenvalue weighted by molar-refractivity contribution is -0.119. The molecule has 156 valence electrons. The molecule has 0 spiro atoms. The van der Waals surface area contributed by atoms with Gasteiger partial charge in [-0.15, -0.1) is 0 Å². The molecule has 1 aromatic heterocycles. The molecule has 7 heteroatoms. The smallest absolute Gasteiger partial charge is 0.274 e. The van der Waals surface area contributed by atoms with Crippen molar-refractivity contribution in [3.05, 3.63) is 48.5 Å². The predicted octanol–water partition coefficient (Wildman–Crippen LogP) is 7.10. The molecule has 5 rings (SSSR count). The number of carbonyl (C=O) groups excluding carboxylic acids is 1. The van der Waals surface area contributed by atoms with E-state index in [4.69, 9.17) is 4.98 Å². The van der Waals surface area contributed by atoms with Gasteiger partial charge < -0.3 is 0 Å². The van der Waals surface area contributed by atoms with E-state index in [9.17, 15) is 13.6 Å². The Morgan fingerprint density at radius 1 is 1.13 bits per heavy atom. The molecule has 0 radical (unpaired) electrons. The molecular weight excluding hydrogens is 422 g/mol. The van der Waals surface area contributed by atoms with Crippen molar-refractivity contribution < 1.29 is 13.6 Å². The maximum Gasteiger partial charge on any atom is 0.288 e. The zero-order valence-electron chi connectivity index (χ0n) is 16.3. The number of para-hydroxylation sites is 1. The van der Waals surface area contributed by atoms with Crippen LogP contribution in [-0.2, 0) is 4.79 Å². The number of nitrogens with zero attached hydrogens (tertiary/aromatic N) is 2. The van der Waals surface area contributed by atoms with Gasteiger partial charge in [-0.05, 0) is 73.4 Å². The Morgan fingerprint density at radius 2 is 1.93 bits per heavy atom. The maximum atomic E-state index is 13.5. The average molecular weight is 445 g/mol. The van der Waals surface area contributed by atoms with E-state index in [1.165, 1.54) is 30.6 Å². The molecule has 0 aliphatic heterocycles. The zero-order valence-corrected chi connectivity index (χ0v) is 18.0. The fraction of sp³-hybridized carbons (Fsp3) is 0.391. The fourth-order valence-corrected chi connectivity index (χ4v) is 6.54. The van der Waals surface area contributed by atoms with E-state index >= 15 is 0 Å². The van der Waals surface area contributed by atoms with Crippen molar-refractivity contribution in [3.63, 3.8) is 0 Å². The van der Waals surface area contributed by atoms with E-state index in [-0.39, 0.29) is 5.91 Å². The molecule has 3 atom stereocenters. The molecule has 3 aromatic rings. The number of amides is 1. The van der Waals surface area contributed by atoms with Crippen molar-refractivity contribution in [2.24, 2.45) is 17.8 Å². The minimum Gasteiger partial charge on any atom is -0.274 e. The van der Waals surface area contributed by atoms with Gasteiger partial charge in [-0.2, -0.15) is 8.78 Å². The van der Waals surface area contributed by atoms with Crippen LogP contribution in [0.3, 0.4) is 0 Å². The average Bonchev–Trinajstić information content (AvgIpc) is 3.44. The number of alkyl halides is 2. The summed E-state index contributed by atoms with van der Waals surface area (Å²) in [7, 11) is 0. The van der Waals surface area contributed by atoms with E-state index in [0.717, 1.165) is 22.6 Å². The van der Waals surface area contributed by atoms with Gasteiger partial charge in [-0.3, -0.25) is 9.69 Å². The number of aromatic nitrogens is 1. The summed E-state index contributed by atoms with van der Waals surface area (Å²) in [5.74, 6) is -0.520. The highest BCUT2D eigenvalue weighted by molar-refractivity contribution is 7.99. The summed E-state index contributed by atoms with van der Waals surface area (Å²) in [5.41, 5.74) is 1.54. The number of thioether (sulfide) groups is 1. The SMILES string of the molecule is O=C(C[C@H]1C[C@@H]2CC[C@H]1C2)N(c1ccc(SC(F)F)cc1)c1nc2ccccc2s1. The molecule has 2 fully saturated rings. The third-order valence-corrected chi connectivity index (χ3v) is 8.11. The van der Waals surface area contributed by atoms with Gasteiger partial charge in [0, 0.05) is 11.3 Å². The molecule has 2 aromatic carbocycles. The molecule has 30 heavy (non-hydrogen) atoms. The first-order valence-electron chi connectivity index (χ1n) is 10.3. The van der Waals surface area contributed by atoms with Gasteiger partial charge in [0.15, 0.2) is 5.13 Å². The van der Waals surface area contributed by atoms with Gasteiger partial charge >= 0.3 is 0 Å². The minimum absolute atomic E-state index is 0.0425. The number of carbonyl (C=O) groups is 1. The fourth-order valence-electron chi connectivity index (χ4n) is 5.04. The molecule has 0 N–H and O–H groups in total. The number of benzene rings is 2. The molecule has 1 amide bonds. The largest absolute Gasteiger partial charge is 0.288 e. The second kappa shape index (κ2) is 8.27. The lowest BCUT2D eigenvalue weighted by Crippen LogP contribution is -2.29. The van der Waals surface area contributed by atoms with Gasteiger partial charge in [0.2, 0.25) is 5.91 Å². The number of hydrogen-bond donors (Lipinski definition) is 0. The molecule has 1 heterocycles. The van der Waals surface area contributed by atoms with Crippen LogP contribution in [0.2, 0.25) is 0 Å². The highest BCUT2D eigenvalue weighted by Gasteiger charge is 2.41. The number of halogens is 2. The summed E-state index contributed by atoms with van der Waals surface area (Å²) in [4.78, 5) is 20.4. The number of thiazole rings is 1. The van der Waals surface area contributed by atoms with Gasteiger partial charge in [0.25, 0.3) is 5.76 Å². The van der Waals surface area contributed by atoms with Crippen LogP contribution in [0.25, 0.3) is 10.2 Å². The number of rotatable bonds is 6. The molecule has 3 nitrogen and oxygen atoms in total. The van der Waals surface area contributed by atoms with Crippen molar-refractivity contribution in [2.75, 3.05) is 4.90 Å². The zero-order chi connectivity index (χ0) is 20.7. The van der Waals surface area contributed by atoms with Crippen LogP contribution in [0.1, 0.15) is 32.1 Å². The van der Waals surface area contributed by atoms with Crippen LogP contribution in [-0.4, -0.2) is 16.6 Å². The molecule has 2 bridgehead atoms. The van der Waals surface area contributed by atoms with E-state index in [2.05, 4.69) is 0 Å². The Kier molecular flexibility index (Phi) is 5.50. The van der Waals surface area contributed by atoms with Crippen LogP contribution >= 0.6 is 23.1 Å². The van der Waals surface area contributed by atoms with Crippen molar-refractivity contribution in [2.45, 2.75) is 42.8 Å². The Hall–Kier alpha value is -1.99. The Bertz CT molecular complexity index is 1020. The van der Waals surface area contributed by atoms with Crippen LogP contribution in [0.15, 0.2) is 53.4 Å². The van der Waals surface area contributed by atoms with Gasteiger partial charge in [0.1, 0.15) is 0 Å². The molecule has 2 saturated carbocycles. The lowest BCUT2D eigenvalue weighted by atomic mass is 9.86. The summed E-state index contributed by atoms with van der Waals surface area (Å²) in [6, 6.07) is 14.6. The first-order valence-corrected chi connectivity index (χ1v) is 12.0. The van der Waals surface area contributed by atoms with E-state index in [1.54, 1.807) is 29.2 Å². The van der Waals surface area contributed by atoms with E-state index in [0.29, 0.717) is 45.7 Å². The Labute approximate surface area is 182 Å². The number of anilines is 2. The second-order valence-electron chi connectivity index (χ2n) is 8.20. The molecule has 2 aliphatic rings. The molecule has 2 aliphatic carbocycles. The summed E-state index contributed by atoms with van der Waals surface area (Å²) in [6.07, 6.45) is 5.47. The van der Waals surface area contributed by atoms with Crippen molar-refractivity contribution in [1.82, 2.24) is 4.98 Å². The molecular formula is C23H22F2N2OS2. The lowest BCUT2D eigenvalue weighted by Gasteiger charge is -2.25. The first kappa shape index (κ1) is 19.9. The summed E-state index contributed by atoms with van der Waals surface area (Å²) in [6.45, 7) is 0.